The van der Waals surface area contributed by atoms with Gasteiger partial charge >= 0.3 is 0 Å². The van der Waals surface area contributed by atoms with Crippen molar-refractivity contribution < 1.29 is 4.74 Å². The van der Waals surface area contributed by atoms with Crippen LogP contribution in [0.5, 0.6) is 0 Å². The number of benzene rings is 1. The Morgan fingerprint density at radius 3 is 2.62 bits per heavy atom. The van der Waals surface area contributed by atoms with E-state index in [4.69, 9.17) is 4.74 Å². The zero-order valence-electron chi connectivity index (χ0n) is 13.3. The summed E-state index contributed by atoms with van der Waals surface area (Å²) >= 11 is 1.74. The van der Waals surface area contributed by atoms with Crippen molar-refractivity contribution in [2.75, 3.05) is 39.4 Å². The third-order valence-corrected chi connectivity index (χ3v) is 4.96. The van der Waals surface area contributed by atoms with Gasteiger partial charge in [-0.15, -0.1) is 0 Å². The summed E-state index contributed by atoms with van der Waals surface area (Å²) in [5.74, 6) is 0.658. The van der Waals surface area contributed by atoms with Crippen LogP contribution in [0.4, 0.5) is 0 Å². The van der Waals surface area contributed by atoms with E-state index >= 15 is 0 Å². The molecule has 1 atom stereocenters. The molecule has 2 rings (SSSR count). The van der Waals surface area contributed by atoms with Gasteiger partial charge in [0.1, 0.15) is 0 Å². The Hall–Kier alpha value is -0.550. The Morgan fingerprint density at radius 1 is 1.24 bits per heavy atom. The summed E-state index contributed by atoms with van der Waals surface area (Å²) in [6.07, 6.45) is 2.39. The molecule has 1 aliphatic heterocycles. The third kappa shape index (κ3) is 5.99. The van der Waals surface area contributed by atoms with Crippen LogP contribution in [0.3, 0.4) is 0 Å². The lowest BCUT2D eigenvalue weighted by Crippen LogP contribution is -2.37. The molecule has 1 unspecified atom stereocenters. The molecule has 0 bridgehead atoms. The zero-order chi connectivity index (χ0) is 14.9. The van der Waals surface area contributed by atoms with Crippen LogP contribution in [-0.4, -0.2) is 44.3 Å². The van der Waals surface area contributed by atoms with E-state index in [0.717, 1.165) is 32.8 Å². The van der Waals surface area contributed by atoms with Gasteiger partial charge in [0.2, 0.25) is 0 Å². The summed E-state index contributed by atoms with van der Waals surface area (Å²) in [6, 6.07) is 8.96. The molecule has 1 saturated heterocycles. The third-order valence-electron chi connectivity index (χ3n) is 4.11. The van der Waals surface area contributed by atoms with Gasteiger partial charge in [-0.25, -0.2) is 0 Å². The first-order valence-electron chi connectivity index (χ1n) is 8.09. The van der Waals surface area contributed by atoms with E-state index in [-0.39, 0.29) is 0 Å². The predicted octanol–water partition coefficient (Wildman–Crippen LogP) is 3.52. The van der Waals surface area contributed by atoms with Crippen molar-refractivity contribution in [3.8, 4) is 0 Å². The summed E-state index contributed by atoms with van der Waals surface area (Å²) in [6.45, 7) is 10.7. The lowest BCUT2D eigenvalue weighted by atomic mass is 9.99. The van der Waals surface area contributed by atoms with E-state index in [1.807, 2.05) is 0 Å². The van der Waals surface area contributed by atoms with E-state index in [2.05, 4.69) is 47.7 Å². The van der Waals surface area contributed by atoms with Crippen molar-refractivity contribution in [1.82, 2.24) is 9.62 Å². The van der Waals surface area contributed by atoms with E-state index in [9.17, 15) is 0 Å². The van der Waals surface area contributed by atoms with E-state index in [0.29, 0.717) is 5.92 Å². The largest absolute Gasteiger partial charge is 0.379 e. The van der Waals surface area contributed by atoms with Crippen molar-refractivity contribution in [2.24, 2.45) is 0 Å². The van der Waals surface area contributed by atoms with Gasteiger partial charge in [-0.1, -0.05) is 26.0 Å². The molecular formula is C17H28N2OS. The molecule has 0 aliphatic carbocycles. The number of morpholine rings is 1. The highest BCUT2D eigenvalue weighted by Gasteiger charge is 2.09. The average Bonchev–Trinajstić information content (AvgIpc) is 2.55. The molecule has 4 heteroatoms. The molecule has 1 fully saturated rings. The minimum Gasteiger partial charge on any atom is -0.379 e. The molecule has 1 N–H and O–H groups in total. The first-order chi connectivity index (χ1) is 10.3. The fraction of sp³-hybridized carbons (Fsp3) is 0.647. The fourth-order valence-corrected chi connectivity index (χ4v) is 3.12. The van der Waals surface area contributed by atoms with Gasteiger partial charge in [-0.3, -0.25) is 9.62 Å². The van der Waals surface area contributed by atoms with Gasteiger partial charge in [0.25, 0.3) is 0 Å². The summed E-state index contributed by atoms with van der Waals surface area (Å²) in [5, 5.41) is 0. The zero-order valence-corrected chi connectivity index (χ0v) is 14.1. The van der Waals surface area contributed by atoms with Gasteiger partial charge in [0, 0.05) is 24.5 Å². The van der Waals surface area contributed by atoms with Gasteiger partial charge in [0.15, 0.2) is 0 Å². The fourth-order valence-electron chi connectivity index (χ4n) is 2.43. The molecule has 21 heavy (non-hydrogen) atoms. The number of hydrogen-bond acceptors (Lipinski definition) is 4. The Bertz CT molecular complexity index is 390. The molecule has 1 aliphatic rings. The first kappa shape index (κ1) is 16.8. The van der Waals surface area contributed by atoms with Crippen LogP contribution in [0.2, 0.25) is 0 Å². The second-order valence-electron chi connectivity index (χ2n) is 5.68. The summed E-state index contributed by atoms with van der Waals surface area (Å²) in [7, 11) is 0. The quantitative estimate of drug-likeness (QED) is 0.586. The van der Waals surface area contributed by atoms with Crippen LogP contribution >= 0.6 is 11.9 Å². The summed E-state index contributed by atoms with van der Waals surface area (Å²) in [4.78, 5) is 3.78. The van der Waals surface area contributed by atoms with Gasteiger partial charge in [-0.05, 0) is 54.9 Å². The Labute approximate surface area is 133 Å². The lowest BCUT2D eigenvalue weighted by Gasteiger charge is -2.26. The second kappa shape index (κ2) is 9.46. The summed E-state index contributed by atoms with van der Waals surface area (Å²) in [5.41, 5.74) is 1.44. The normalized spacial score (nSPS) is 17.8. The molecule has 0 spiro atoms. The predicted molar refractivity (Wildman–Crippen MR) is 90.9 cm³/mol. The Morgan fingerprint density at radius 2 is 1.95 bits per heavy atom. The minimum atomic E-state index is 0.658. The average molecular weight is 308 g/mol. The molecule has 3 nitrogen and oxygen atoms in total. The van der Waals surface area contributed by atoms with Crippen LogP contribution in [0.25, 0.3) is 0 Å². The number of hydrogen-bond donors (Lipinski definition) is 1. The Kier molecular flexibility index (Phi) is 7.58. The van der Waals surface area contributed by atoms with Crippen molar-refractivity contribution in [2.45, 2.75) is 37.5 Å². The highest BCUT2D eigenvalue weighted by Crippen LogP contribution is 2.22. The van der Waals surface area contributed by atoms with Gasteiger partial charge < -0.3 is 4.74 Å². The van der Waals surface area contributed by atoms with Crippen LogP contribution < -0.4 is 4.72 Å². The maximum absolute atomic E-state index is 5.36. The van der Waals surface area contributed by atoms with E-state index in [1.165, 1.54) is 29.8 Å². The van der Waals surface area contributed by atoms with E-state index in [1.54, 1.807) is 11.9 Å². The highest BCUT2D eigenvalue weighted by atomic mass is 32.2. The molecule has 0 saturated carbocycles. The van der Waals surface area contributed by atoms with Gasteiger partial charge in [0.05, 0.1) is 13.2 Å². The summed E-state index contributed by atoms with van der Waals surface area (Å²) < 4.78 is 8.82. The number of ether oxygens (including phenoxy) is 1. The smallest absolute Gasteiger partial charge is 0.0594 e. The van der Waals surface area contributed by atoms with Crippen LogP contribution in [0.1, 0.15) is 38.2 Å². The van der Waals surface area contributed by atoms with Crippen LogP contribution in [0.15, 0.2) is 29.2 Å². The monoisotopic (exact) mass is 308 g/mol. The van der Waals surface area contributed by atoms with Crippen molar-refractivity contribution in [1.29, 1.82) is 0 Å². The van der Waals surface area contributed by atoms with Crippen LogP contribution in [0, 0.1) is 0 Å². The van der Waals surface area contributed by atoms with Gasteiger partial charge in [-0.2, -0.15) is 0 Å². The maximum atomic E-state index is 5.36. The lowest BCUT2D eigenvalue weighted by molar-refractivity contribution is 0.0376. The van der Waals surface area contributed by atoms with E-state index < -0.39 is 0 Å². The topological polar surface area (TPSA) is 24.5 Å². The first-order valence-corrected chi connectivity index (χ1v) is 8.91. The number of nitrogens with one attached hydrogen (secondary N) is 1. The SMILES string of the molecule is CCC(C)c1ccc(SNCCCN2CCOCC2)cc1. The van der Waals surface area contributed by atoms with Crippen molar-refractivity contribution >= 4 is 11.9 Å². The van der Waals surface area contributed by atoms with Crippen molar-refractivity contribution in [3.63, 3.8) is 0 Å². The maximum Gasteiger partial charge on any atom is 0.0594 e. The standard InChI is InChI=1S/C17H28N2OS/c1-3-15(2)16-5-7-17(8-6-16)21-18-9-4-10-19-11-13-20-14-12-19/h5-8,15,18H,3-4,9-14H2,1-2H3. The molecular weight excluding hydrogens is 280 g/mol. The number of rotatable bonds is 8. The molecule has 1 aromatic carbocycles. The highest BCUT2D eigenvalue weighted by molar-refractivity contribution is 7.97. The molecule has 0 amide bonds. The Balaban J connectivity index is 1.59. The minimum absolute atomic E-state index is 0.658. The molecule has 1 aromatic rings. The molecule has 118 valence electrons. The van der Waals surface area contributed by atoms with Crippen molar-refractivity contribution in [3.05, 3.63) is 29.8 Å². The number of nitrogens with zero attached hydrogens (tertiary/aromatic N) is 1. The van der Waals surface area contributed by atoms with Crippen LogP contribution in [-0.2, 0) is 4.74 Å². The molecule has 0 radical (unpaired) electrons. The second-order valence-corrected chi connectivity index (χ2v) is 6.65. The molecule has 1 heterocycles. The molecule has 0 aromatic heterocycles.